The van der Waals surface area contributed by atoms with Crippen LogP contribution in [-0.4, -0.2) is 37.2 Å². The number of unbranched alkanes of at least 4 members (excludes halogenated alkanes) is 24. The molecule has 0 saturated heterocycles. The Hall–Kier alpha value is -3.67. The van der Waals surface area contributed by atoms with Gasteiger partial charge in [-0.15, -0.1) is 0 Å². The molecule has 1 unspecified atom stereocenters. The van der Waals surface area contributed by atoms with Crippen molar-refractivity contribution < 1.29 is 28.6 Å². The SMILES string of the molecule is CC/C=C\C/C=C\C/C=C\C/C=C\C/C=C\CCCC(=O)OC(COC(=O)CCCCCCC/C=C\C/C=C\CCCCC)COC(=O)CCCCCCCCCCC/C=C\CCCCCCCC. The van der Waals surface area contributed by atoms with Crippen LogP contribution in [0.15, 0.2) is 97.2 Å². The first kappa shape index (κ1) is 65.3. The number of ether oxygens (including phenoxy) is 3. The van der Waals surface area contributed by atoms with Crippen molar-refractivity contribution >= 4 is 17.9 Å². The zero-order valence-corrected chi connectivity index (χ0v) is 45.0. The van der Waals surface area contributed by atoms with E-state index in [1.165, 1.54) is 116 Å². The molecular weight excluding hydrogens is 853 g/mol. The summed E-state index contributed by atoms with van der Waals surface area (Å²) in [4.78, 5) is 38.1. The van der Waals surface area contributed by atoms with Gasteiger partial charge in [0.15, 0.2) is 6.10 Å². The minimum atomic E-state index is -0.815. The quantitative estimate of drug-likeness (QED) is 0.0262. The average molecular weight is 960 g/mol. The van der Waals surface area contributed by atoms with Gasteiger partial charge in [0, 0.05) is 19.3 Å². The van der Waals surface area contributed by atoms with Gasteiger partial charge in [0.25, 0.3) is 0 Å². The third-order valence-corrected chi connectivity index (χ3v) is 12.0. The lowest BCUT2D eigenvalue weighted by molar-refractivity contribution is -0.167. The monoisotopic (exact) mass is 959 g/mol. The van der Waals surface area contributed by atoms with Crippen LogP contribution in [0.3, 0.4) is 0 Å². The number of carbonyl (C=O) groups is 3. The molecule has 0 bridgehead atoms. The lowest BCUT2D eigenvalue weighted by atomic mass is 10.1. The summed E-state index contributed by atoms with van der Waals surface area (Å²) in [7, 11) is 0. The van der Waals surface area contributed by atoms with Gasteiger partial charge in [-0.25, -0.2) is 0 Å². The van der Waals surface area contributed by atoms with E-state index >= 15 is 0 Å². The maximum Gasteiger partial charge on any atom is 0.306 e. The average Bonchev–Trinajstić information content (AvgIpc) is 3.35. The van der Waals surface area contributed by atoms with Gasteiger partial charge in [0.2, 0.25) is 0 Å². The van der Waals surface area contributed by atoms with E-state index in [0.717, 1.165) is 103 Å². The predicted octanol–water partition coefficient (Wildman–Crippen LogP) is 19.3. The molecule has 0 N–H and O–H groups in total. The van der Waals surface area contributed by atoms with Crippen LogP contribution < -0.4 is 0 Å². The van der Waals surface area contributed by atoms with E-state index < -0.39 is 6.10 Å². The molecule has 0 amide bonds. The van der Waals surface area contributed by atoms with Crippen molar-refractivity contribution in [1.29, 1.82) is 0 Å². The van der Waals surface area contributed by atoms with Crippen LogP contribution in [0.5, 0.6) is 0 Å². The van der Waals surface area contributed by atoms with Gasteiger partial charge in [-0.2, -0.15) is 0 Å². The van der Waals surface area contributed by atoms with Crippen molar-refractivity contribution in [2.24, 2.45) is 0 Å². The molecule has 6 nitrogen and oxygen atoms in total. The third-order valence-electron chi connectivity index (χ3n) is 12.0. The Morgan fingerprint density at radius 3 is 0.971 bits per heavy atom. The summed E-state index contributed by atoms with van der Waals surface area (Å²) in [6.07, 6.45) is 75.4. The van der Waals surface area contributed by atoms with Crippen LogP contribution in [0.2, 0.25) is 0 Å². The first-order chi connectivity index (χ1) is 34.0. The highest BCUT2D eigenvalue weighted by Gasteiger charge is 2.19. The molecule has 1 atom stereocenters. The van der Waals surface area contributed by atoms with Crippen molar-refractivity contribution in [3.63, 3.8) is 0 Å². The molecule has 0 heterocycles. The Morgan fingerprint density at radius 1 is 0.304 bits per heavy atom. The van der Waals surface area contributed by atoms with E-state index in [2.05, 4.69) is 118 Å². The van der Waals surface area contributed by atoms with Crippen LogP contribution in [0.25, 0.3) is 0 Å². The molecule has 0 aliphatic heterocycles. The number of esters is 3. The highest BCUT2D eigenvalue weighted by Crippen LogP contribution is 2.14. The minimum absolute atomic E-state index is 0.106. The number of hydrogen-bond acceptors (Lipinski definition) is 6. The van der Waals surface area contributed by atoms with Crippen LogP contribution in [-0.2, 0) is 28.6 Å². The maximum absolute atomic E-state index is 12.8. The standard InChI is InChI=1S/C63H106O6/c1-4-7-10-13-16-19-22-25-28-30-31-33-35-38-41-44-47-50-53-56-62(65)68-59-60(58-67-61(64)55-52-49-46-43-40-37-34-27-24-21-18-15-12-9-6-3)69-63(66)57-54-51-48-45-42-39-36-32-29-26-23-20-17-14-11-8-5-2/h8,11,17-18,20-21,25-29,34,36,39,45,48,60H,4-7,9-10,12-16,19,22-24,30-33,35,37-38,40-44,46-47,49-59H2,1-3H3/b11-8-,20-17-,21-18-,28-25-,29-26-,34-27-,39-36-,48-45-. The van der Waals surface area contributed by atoms with Gasteiger partial charge in [-0.1, -0.05) is 227 Å². The van der Waals surface area contributed by atoms with Crippen molar-refractivity contribution in [3.8, 4) is 0 Å². The fourth-order valence-electron chi connectivity index (χ4n) is 7.74. The van der Waals surface area contributed by atoms with E-state index in [9.17, 15) is 14.4 Å². The number of rotatable bonds is 51. The second kappa shape index (κ2) is 56.9. The molecule has 0 aliphatic rings. The topological polar surface area (TPSA) is 78.9 Å². The number of hydrogen-bond donors (Lipinski definition) is 0. The Balaban J connectivity index is 4.48. The molecule has 0 aromatic carbocycles. The Bertz CT molecular complexity index is 1380. The summed E-state index contributed by atoms with van der Waals surface area (Å²) in [5.41, 5.74) is 0. The van der Waals surface area contributed by atoms with Crippen LogP contribution >= 0.6 is 0 Å². The highest BCUT2D eigenvalue weighted by atomic mass is 16.6. The number of allylic oxidation sites excluding steroid dienone is 16. The van der Waals surface area contributed by atoms with Gasteiger partial charge in [0.1, 0.15) is 13.2 Å². The van der Waals surface area contributed by atoms with Crippen LogP contribution in [0.1, 0.15) is 265 Å². The minimum Gasteiger partial charge on any atom is -0.462 e. The first-order valence-electron chi connectivity index (χ1n) is 28.7. The van der Waals surface area contributed by atoms with Crippen molar-refractivity contribution in [3.05, 3.63) is 97.2 Å². The van der Waals surface area contributed by atoms with Gasteiger partial charge in [-0.05, 0) is 116 Å². The predicted molar refractivity (Wildman–Crippen MR) is 297 cm³/mol. The molecule has 0 aromatic rings. The van der Waals surface area contributed by atoms with Gasteiger partial charge in [-0.3, -0.25) is 14.4 Å². The molecule has 0 aromatic heterocycles. The second-order valence-corrected chi connectivity index (χ2v) is 18.8. The van der Waals surface area contributed by atoms with Crippen molar-refractivity contribution in [1.82, 2.24) is 0 Å². The first-order valence-corrected chi connectivity index (χ1v) is 28.7. The van der Waals surface area contributed by atoms with Crippen molar-refractivity contribution in [2.45, 2.75) is 271 Å². The Kier molecular flexibility index (Phi) is 53.9. The van der Waals surface area contributed by atoms with E-state index in [0.29, 0.717) is 19.3 Å². The van der Waals surface area contributed by atoms with Crippen LogP contribution in [0.4, 0.5) is 0 Å². The van der Waals surface area contributed by atoms with E-state index in [1.807, 2.05) is 0 Å². The summed E-state index contributed by atoms with van der Waals surface area (Å²) in [5.74, 6) is -0.978. The van der Waals surface area contributed by atoms with E-state index in [-0.39, 0.29) is 37.5 Å². The van der Waals surface area contributed by atoms with E-state index in [4.69, 9.17) is 14.2 Å². The lowest BCUT2D eigenvalue weighted by Crippen LogP contribution is -2.30. The molecular formula is C63H106O6. The third kappa shape index (κ3) is 55.1. The summed E-state index contributed by atoms with van der Waals surface area (Å²) in [6, 6.07) is 0. The molecule has 0 fully saturated rings. The number of carbonyl (C=O) groups excluding carboxylic acids is 3. The zero-order valence-electron chi connectivity index (χ0n) is 45.0. The summed E-state index contributed by atoms with van der Waals surface area (Å²) >= 11 is 0. The molecule has 69 heavy (non-hydrogen) atoms. The maximum atomic E-state index is 12.8. The highest BCUT2D eigenvalue weighted by molar-refractivity contribution is 5.71. The zero-order chi connectivity index (χ0) is 50.0. The molecule has 0 saturated carbocycles. The summed E-state index contributed by atoms with van der Waals surface area (Å²) in [5, 5.41) is 0. The van der Waals surface area contributed by atoms with Gasteiger partial charge in [0.05, 0.1) is 0 Å². The molecule has 0 rings (SSSR count). The lowest BCUT2D eigenvalue weighted by Gasteiger charge is -2.18. The summed E-state index contributed by atoms with van der Waals surface area (Å²) in [6.45, 7) is 6.44. The molecule has 394 valence electrons. The van der Waals surface area contributed by atoms with Crippen LogP contribution in [0, 0.1) is 0 Å². The smallest absolute Gasteiger partial charge is 0.306 e. The molecule has 0 radical (unpaired) electrons. The normalized spacial score (nSPS) is 12.8. The van der Waals surface area contributed by atoms with Crippen molar-refractivity contribution in [2.75, 3.05) is 13.2 Å². The summed E-state index contributed by atoms with van der Waals surface area (Å²) < 4.78 is 16.8. The van der Waals surface area contributed by atoms with E-state index in [1.54, 1.807) is 0 Å². The van der Waals surface area contributed by atoms with Gasteiger partial charge < -0.3 is 14.2 Å². The fourth-order valence-corrected chi connectivity index (χ4v) is 7.74. The fraction of sp³-hybridized carbons (Fsp3) is 0.698. The molecule has 0 aliphatic carbocycles. The molecule has 0 spiro atoms. The van der Waals surface area contributed by atoms with Gasteiger partial charge >= 0.3 is 17.9 Å². The largest absolute Gasteiger partial charge is 0.462 e. The second-order valence-electron chi connectivity index (χ2n) is 18.8. The molecule has 6 heteroatoms. The Morgan fingerprint density at radius 2 is 0.580 bits per heavy atom. The Labute approximate surface area is 426 Å².